The maximum absolute atomic E-state index is 12.6. The van der Waals surface area contributed by atoms with E-state index in [-0.39, 0.29) is 11.3 Å². The summed E-state index contributed by atoms with van der Waals surface area (Å²) in [6.07, 6.45) is -0.508. The summed E-state index contributed by atoms with van der Waals surface area (Å²) in [5.41, 5.74) is 3.74. The third-order valence-electron chi connectivity index (χ3n) is 4.40. The summed E-state index contributed by atoms with van der Waals surface area (Å²) in [5.74, 6) is 0.0553. The minimum absolute atomic E-state index is 0.0553. The van der Waals surface area contributed by atoms with Crippen molar-refractivity contribution in [3.8, 4) is 0 Å². The molecule has 0 saturated heterocycles. The summed E-state index contributed by atoms with van der Waals surface area (Å²) >= 11 is 0. The van der Waals surface area contributed by atoms with E-state index >= 15 is 0 Å². The Hall–Kier alpha value is -2.13. The Morgan fingerprint density at radius 1 is 1.04 bits per heavy atom. The molecule has 1 aliphatic rings. The van der Waals surface area contributed by atoms with Crippen molar-refractivity contribution in [2.45, 2.75) is 40.0 Å². The summed E-state index contributed by atoms with van der Waals surface area (Å²) < 4.78 is 0. The van der Waals surface area contributed by atoms with E-state index in [1.807, 2.05) is 74.2 Å². The summed E-state index contributed by atoms with van der Waals surface area (Å²) in [4.78, 5) is 14.4. The molecule has 1 aliphatic heterocycles. The van der Waals surface area contributed by atoms with E-state index in [2.05, 4.69) is 0 Å². The van der Waals surface area contributed by atoms with E-state index in [1.165, 1.54) is 5.56 Å². The highest BCUT2D eigenvalue weighted by Crippen LogP contribution is 2.35. The fraction of sp³-hybridized carbons (Fsp3) is 0.350. The average Bonchev–Trinajstić information content (AvgIpc) is 2.96. The number of aliphatic hydroxyl groups is 1. The third-order valence-corrected chi connectivity index (χ3v) is 4.40. The van der Waals surface area contributed by atoms with Gasteiger partial charge in [-0.1, -0.05) is 57.2 Å². The van der Waals surface area contributed by atoms with Crippen molar-refractivity contribution >= 4 is 5.91 Å². The number of hydrogen-bond acceptors (Lipinski definition) is 2. The molecule has 23 heavy (non-hydrogen) atoms. The zero-order chi connectivity index (χ0) is 16.6. The van der Waals surface area contributed by atoms with Gasteiger partial charge in [0, 0.05) is 18.7 Å². The molecule has 2 aromatic rings. The molecular weight excluding hydrogens is 286 g/mol. The number of hydrogen-bond donors (Lipinski definition) is 1. The number of carbonyl (C=O) groups excluding carboxylic acids is 1. The maximum Gasteiger partial charge on any atom is 0.254 e. The van der Waals surface area contributed by atoms with Gasteiger partial charge in [0.15, 0.2) is 0 Å². The van der Waals surface area contributed by atoms with Gasteiger partial charge in [0.25, 0.3) is 5.91 Å². The lowest BCUT2D eigenvalue weighted by Crippen LogP contribution is -2.25. The van der Waals surface area contributed by atoms with Crippen molar-refractivity contribution in [2.75, 3.05) is 0 Å². The van der Waals surface area contributed by atoms with Gasteiger partial charge in [-0.2, -0.15) is 0 Å². The zero-order valence-corrected chi connectivity index (χ0v) is 13.9. The minimum atomic E-state index is -0.508. The highest BCUT2D eigenvalue weighted by Gasteiger charge is 2.28. The van der Waals surface area contributed by atoms with Crippen LogP contribution in [0.25, 0.3) is 0 Å². The smallest absolute Gasteiger partial charge is 0.254 e. The highest BCUT2D eigenvalue weighted by atomic mass is 16.3. The quantitative estimate of drug-likeness (QED) is 0.913. The van der Waals surface area contributed by atoms with Crippen LogP contribution in [-0.2, 0) is 13.1 Å². The van der Waals surface area contributed by atoms with Gasteiger partial charge in [0.1, 0.15) is 0 Å². The van der Waals surface area contributed by atoms with Crippen molar-refractivity contribution in [1.82, 2.24) is 4.90 Å². The molecule has 0 radical (unpaired) electrons. The summed E-state index contributed by atoms with van der Waals surface area (Å²) in [6.45, 7) is 7.31. The van der Waals surface area contributed by atoms with Gasteiger partial charge in [0.05, 0.1) is 6.10 Å². The van der Waals surface area contributed by atoms with Gasteiger partial charge in [0.2, 0.25) is 0 Å². The van der Waals surface area contributed by atoms with E-state index in [0.29, 0.717) is 13.1 Å². The first kappa shape index (κ1) is 15.8. The Labute approximate surface area is 137 Å². The molecule has 1 heterocycles. The van der Waals surface area contributed by atoms with Crippen LogP contribution in [0.4, 0.5) is 0 Å². The Morgan fingerprint density at radius 3 is 2.35 bits per heavy atom. The lowest BCUT2D eigenvalue weighted by molar-refractivity contribution is 0.0626. The predicted octanol–water partition coefficient (Wildman–Crippen LogP) is 3.92. The number of aliphatic hydroxyl groups excluding tert-OH is 1. The molecule has 1 unspecified atom stereocenters. The molecule has 0 aliphatic carbocycles. The standard InChI is InChI=1S/C20H23NO2/c1-20(2,3)18(22)15-9-10-16-12-21(13-17(16)11-15)19(23)14-7-5-4-6-8-14/h4-11,18,22H,12-13H2,1-3H3. The topological polar surface area (TPSA) is 40.5 Å². The van der Waals surface area contributed by atoms with Crippen LogP contribution in [0.5, 0.6) is 0 Å². The van der Waals surface area contributed by atoms with Crippen LogP contribution in [0.2, 0.25) is 0 Å². The third kappa shape index (κ3) is 3.15. The maximum atomic E-state index is 12.6. The number of carbonyl (C=O) groups is 1. The molecule has 120 valence electrons. The number of rotatable bonds is 2. The van der Waals surface area contributed by atoms with Crippen molar-refractivity contribution in [3.63, 3.8) is 0 Å². The molecule has 0 saturated carbocycles. The van der Waals surface area contributed by atoms with Gasteiger partial charge in [-0.15, -0.1) is 0 Å². The van der Waals surface area contributed by atoms with Gasteiger partial charge < -0.3 is 10.0 Å². The molecule has 3 rings (SSSR count). The summed E-state index contributed by atoms with van der Waals surface area (Å²) in [6, 6.07) is 15.4. The van der Waals surface area contributed by atoms with Crippen molar-refractivity contribution in [1.29, 1.82) is 0 Å². The number of fused-ring (bicyclic) bond motifs is 1. The molecule has 1 N–H and O–H groups in total. The molecule has 0 aromatic heterocycles. The molecule has 3 heteroatoms. The van der Waals surface area contributed by atoms with Crippen LogP contribution in [0, 0.1) is 5.41 Å². The van der Waals surface area contributed by atoms with Gasteiger partial charge in [-0.3, -0.25) is 4.79 Å². The van der Waals surface area contributed by atoms with Crippen LogP contribution in [-0.4, -0.2) is 15.9 Å². The van der Waals surface area contributed by atoms with Crippen LogP contribution < -0.4 is 0 Å². The van der Waals surface area contributed by atoms with E-state index in [9.17, 15) is 9.90 Å². The molecule has 1 atom stereocenters. The number of benzene rings is 2. The molecule has 2 aromatic carbocycles. The lowest BCUT2D eigenvalue weighted by Gasteiger charge is -2.26. The molecule has 1 amide bonds. The fourth-order valence-corrected chi connectivity index (χ4v) is 2.99. The van der Waals surface area contributed by atoms with Gasteiger partial charge in [-0.25, -0.2) is 0 Å². The average molecular weight is 309 g/mol. The minimum Gasteiger partial charge on any atom is -0.388 e. The Balaban J connectivity index is 1.81. The van der Waals surface area contributed by atoms with E-state index in [4.69, 9.17) is 0 Å². The Morgan fingerprint density at radius 2 is 1.70 bits per heavy atom. The molecule has 0 spiro atoms. The molecule has 3 nitrogen and oxygen atoms in total. The monoisotopic (exact) mass is 309 g/mol. The van der Waals surface area contributed by atoms with Crippen molar-refractivity contribution in [2.24, 2.45) is 5.41 Å². The number of nitrogens with zero attached hydrogens (tertiary/aromatic N) is 1. The molecular formula is C20H23NO2. The highest BCUT2D eigenvalue weighted by molar-refractivity contribution is 5.94. The van der Waals surface area contributed by atoms with Crippen LogP contribution >= 0.6 is 0 Å². The SMILES string of the molecule is CC(C)(C)C(O)c1ccc2c(c1)CN(C(=O)c1ccccc1)C2. The second kappa shape index (κ2) is 5.82. The predicted molar refractivity (Wildman–Crippen MR) is 90.9 cm³/mol. The lowest BCUT2D eigenvalue weighted by atomic mass is 9.84. The summed E-state index contributed by atoms with van der Waals surface area (Å²) in [7, 11) is 0. The van der Waals surface area contributed by atoms with Crippen LogP contribution in [0.3, 0.4) is 0 Å². The normalized spacial score (nSPS) is 15.4. The largest absolute Gasteiger partial charge is 0.388 e. The molecule has 0 fully saturated rings. The van der Waals surface area contributed by atoms with E-state index < -0.39 is 6.10 Å². The fourth-order valence-electron chi connectivity index (χ4n) is 2.99. The first-order valence-corrected chi connectivity index (χ1v) is 8.00. The Kier molecular flexibility index (Phi) is 3.99. The first-order valence-electron chi connectivity index (χ1n) is 8.00. The van der Waals surface area contributed by atoms with Gasteiger partial charge in [-0.05, 0) is 34.2 Å². The first-order chi connectivity index (χ1) is 10.9. The van der Waals surface area contributed by atoms with Crippen molar-refractivity contribution in [3.05, 3.63) is 70.8 Å². The van der Waals surface area contributed by atoms with Crippen LogP contribution in [0.1, 0.15) is 53.9 Å². The number of amides is 1. The second-order valence-electron chi connectivity index (χ2n) is 7.32. The summed E-state index contributed by atoms with van der Waals surface area (Å²) in [5, 5.41) is 10.5. The van der Waals surface area contributed by atoms with E-state index in [0.717, 1.165) is 16.7 Å². The Bertz CT molecular complexity index is 716. The van der Waals surface area contributed by atoms with Crippen LogP contribution in [0.15, 0.2) is 48.5 Å². The van der Waals surface area contributed by atoms with Crippen molar-refractivity contribution < 1.29 is 9.90 Å². The second-order valence-corrected chi connectivity index (χ2v) is 7.32. The van der Waals surface area contributed by atoms with E-state index in [1.54, 1.807) is 0 Å². The van der Waals surface area contributed by atoms with Gasteiger partial charge >= 0.3 is 0 Å². The zero-order valence-electron chi connectivity index (χ0n) is 13.9. The molecule has 0 bridgehead atoms.